The Morgan fingerprint density at radius 1 is 1.17 bits per heavy atom. The Kier molecular flexibility index (Phi) is 4.19. The van der Waals surface area contributed by atoms with Gasteiger partial charge in [0.15, 0.2) is 0 Å². The van der Waals surface area contributed by atoms with Crippen molar-refractivity contribution in [3.63, 3.8) is 0 Å². The molecule has 0 saturated carbocycles. The summed E-state index contributed by atoms with van der Waals surface area (Å²) in [5, 5.41) is 5.68. The first-order valence-corrected chi connectivity index (χ1v) is 7.12. The highest BCUT2D eigenvalue weighted by molar-refractivity contribution is 7.99. The third-order valence-electron chi connectivity index (χ3n) is 2.50. The number of rotatable bonds is 4. The number of hydrogen-bond acceptors (Lipinski definition) is 4. The molecule has 0 saturated heterocycles. The van der Waals surface area contributed by atoms with Crippen molar-refractivity contribution in [3.8, 4) is 0 Å². The molecule has 3 nitrogen and oxygen atoms in total. The molecule has 1 aromatic carbocycles. The number of para-hydroxylation sites is 1. The molecule has 2 aromatic rings. The van der Waals surface area contributed by atoms with Crippen molar-refractivity contribution in [2.75, 3.05) is 12.3 Å². The Bertz CT molecular complexity index is 514. The summed E-state index contributed by atoms with van der Waals surface area (Å²) >= 11 is 1.78. The van der Waals surface area contributed by atoms with Crippen LogP contribution >= 0.6 is 11.8 Å². The Morgan fingerprint density at radius 3 is 2.72 bits per heavy atom. The molecule has 0 fully saturated rings. The van der Waals surface area contributed by atoms with Crippen LogP contribution in [0.15, 0.2) is 35.6 Å². The largest absolute Gasteiger partial charge is 0.311 e. The second kappa shape index (κ2) is 5.67. The molecule has 0 bridgehead atoms. The van der Waals surface area contributed by atoms with Crippen LogP contribution in [-0.2, 0) is 0 Å². The summed E-state index contributed by atoms with van der Waals surface area (Å²) in [4.78, 5) is 8.63. The molecule has 0 amide bonds. The van der Waals surface area contributed by atoms with Crippen molar-refractivity contribution in [2.24, 2.45) is 0 Å². The van der Waals surface area contributed by atoms with E-state index in [4.69, 9.17) is 0 Å². The SMILES string of the molecule is CC(C)(C)NCCSc1ncnc2ccccc12. The lowest BCUT2D eigenvalue weighted by molar-refractivity contribution is 0.441. The Labute approximate surface area is 112 Å². The van der Waals surface area contributed by atoms with Crippen molar-refractivity contribution in [1.82, 2.24) is 15.3 Å². The second-order valence-electron chi connectivity index (χ2n) is 5.22. The summed E-state index contributed by atoms with van der Waals surface area (Å²) in [5.74, 6) is 1.01. The number of benzene rings is 1. The van der Waals surface area contributed by atoms with E-state index in [0.29, 0.717) is 0 Å². The highest BCUT2D eigenvalue weighted by Crippen LogP contribution is 2.23. The van der Waals surface area contributed by atoms with Gasteiger partial charge < -0.3 is 5.32 Å². The zero-order valence-corrected chi connectivity index (χ0v) is 11.9. The minimum atomic E-state index is 0.175. The summed E-state index contributed by atoms with van der Waals surface area (Å²) in [6.45, 7) is 7.51. The first kappa shape index (κ1) is 13.3. The first-order valence-electron chi connectivity index (χ1n) is 6.14. The Balaban J connectivity index is 2.00. The molecule has 4 heteroatoms. The van der Waals surface area contributed by atoms with Crippen LogP contribution in [0.1, 0.15) is 20.8 Å². The number of hydrogen-bond donors (Lipinski definition) is 1. The topological polar surface area (TPSA) is 37.8 Å². The summed E-state index contributed by atoms with van der Waals surface area (Å²) in [7, 11) is 0. The Hall–Kier alpha value is -1.13. The molecule has 0 atom stereocenters. The van der Waals surface area contributed by atoms with Gasteiger partial charge >= 0.3 is 0 Å². The third-order valence-corrected chi connectivity index (χ3v) is 3.51. The summed E-state index contributed by atoms with van der Waals surface area (Å²) in [6.07, 6.45) is 1.64. The smallest absolute Gasteiger partial charge is 0.117 e. The maximum absolute atomic E-state index is 4.36. The van der Waals surface area contributed by atoms with Crippen molar-refractivity contribution in [1.29, 1.82) is 0 Å². The van der Waals surface area contributed by atoms with E-state index in [-0.39, 0.29) is 5.54 Å². The molecule has 0 aliphatic carbocycles. The molecular weight excluding hydrogens is 242 g/mol. The van der Waals surface area contributed by atoms with E-state index in [9.17, 15) is 0 Å². The predicted octanol–water partition coefficient (Wildman–Crippen LogP) is 3.11. The lowest BCUT2D eigenvalue weighted by atomic mass is 10.1. The van der Waals surface area contributed by atoms with Crippen LogP contribution in [0.25, 0.3) is 10.9 Å². The van der Waals surface area contributed by atoms with Gasteiger partial charge in [0.2, 0.25) is 0 Å². The van der Waals surface area contributed by atoms with Crippen LogP contribution in [0.3, 0.4) is 0 Å². The third kappa shape index (κ3) is 3.68. The summed E-state index contributed by atoms with van der Waals surface area (Å²) < 4.78 is 0. The second-order valence-corrected chi connectivity index (χ2v) is 6.30. The molecule has 1 aromatic heterocycles. The summed E-state index contributed by atoms with van der Waals surface area (Å²) in [5.41, 5.74) is 1.19. The van der Waals surface area contributed by atoms with Crippen LogP contribution in [-0.4, -0.2) is 27.8 Å². The molecule has 0 radical (unpaired) electrons. The van der Waals surface area contributed by atoms with Crippen molar-refractivity contribution < 1.29 is 0 Å². The summed E-state index contributed by atoms with van der Waals surface area (Å²) in [6, 6.07) is 8.14. The molecule has 18 heavy (non-hydrogen) atoms. The molecular formula is C14H19N3S. The number of fused-ring (bicyclic) bond motifs is 1. The highest BCUT2D eigenvalue weighted by atomic mass is 32.2. The van der Waals surface area contributed by atoms with Crippen molar-refractivity contribution >= 4 is 22.7 Å². The lowest BCUT2D eigenvalue weighted by Crippen LogP contribution is -2.37. The van der Waals surface area contributed by atoms with Crippen LogP contribution in [0, 0.1) is 0 Å². The van der Waals surface area contributed by atoms with Crippen LogP contribution < -0.4 is 5.32 Å². The van der Waals surface area contributed by atoms with E-state index in [2.05, 4.69) is 42.1 Å². The van der Waals surface area contributed by atoms with E-state index in [1.165, 1.54) is 0 Å². The number of thioether (sulfide) groups is 1. The molecule has 0 spiro atoms. The van der Waals surface area contributed by atoms with Gasteiger partial charge in [-0.15, -0.1) is 11.8 Å². The molecule has 0 aliphatic heterocycles. The van der Waals surface area contributed by atoms with Gasteiger partial charge in [-0.05, 0) is 26.8 Å². The van der Waals surface area contributed by atoms with Gasteiger partial charge in [0.1, 0.15) is 11.4 Å². The molecule has 96 valence electrons. The minimum absolute atomic E-state index is 0.175. The number of aromatic nitrogens is 2. The monoisotopic (exact) mass is 261 g/mol. The fraction of sp³-hybridized carbons (Fsp3) is 0.429. The van der Waals surface area contributed by atoms with Crippen LogP contribution in [0.4, 0.5) is 0 Å². The van der Waals surface area contributed by atoms with E-state index >= 15 is 0 Å². The lowest BCUT2D eigenvalue weighted by Gasteiger charge is -2.20. The average molecular weight is 261 g/mol. The number of nitrogens with zero attached hydrogens (tertiary/aromatic N) is 2. The van der Waals surface area contributed by atoms with E-state index in [1.54, 1.807) is 18.1 Å². The van der Waals surface area contributed by atoms with Gasteiger partial charge in [0.05, 0.1) is 5.52 Å². The van der Waals surface area contributed by atoms with Crippen LogP contribution in [0.2, 0.25) is 0 Å². The molecule has 1 heterocycles. The standard InChI is InChI=1S/C14H19N3S/c1-14(2,3)17-8-9-18-13-11-6-4-5-7-12(11)15-10-16-13/h4-7,10,17H,8-9H2,1-3H3. The molecule has 0 unspecified atom stereocenters. The van der Waals surface area contributed by atoms with Gasteiger partial charge in [-0.2, -0.15) is 0 Å². The zero-order valence-electron chi connectivity index (χ0n) is 11.1. The molecule has 0 aliphatic rings. The predicted molar refractivity (Wildman–Crippen MR) is 78.0 cm³/mol. The van der Waals surface area contributed by atoms with Gasteiger partial charge in [0, 0.05) is 23.2 Å². The zero-order chi connectivity index (χ0) is 13.0. The minimum Gasteiger partial charge on any atom is -0.311 e. The highest BCUT2D eigenvalue weighted by Gasteiger charge is 2.08. The molecule has 2 rings (SSSR count). The first-order chi connectivity index (χ1) is 8.56. The fourth-order valence-corrected chi connectivity index (χ4v) is 2.52. The van der Waals surface area contributed by atoms with Crippen molar-refractivity contribution in [3.05, 3.63) is 30.6 Å². The van der Waals surface area contributed by atoms with Gasteiger partial charge in [-0.1, -0.05) is 18.2 Å². The van der Waals surface area contributed by atoms with Gasteiger partial charge in [-0.3, -0.25) is 0 Å². The Morgan fingerprint density at radius 2 is 1.94 bits per heavy atom. The number of nitrogens with one attached hydrogen (secondary N) is 1. The van der Waals surface area contributed by atoms with E-state index < -0.39 is 0 Å². The van der Waals surface area contributed by atoms with Gasteiger partial charge in [-0.25, -0.2) is 9.97 Å². The fourth-order valence-electron chi connectivity index (χ4n) is 1.67. The van der Waals surface area contributed by atoms with Gasteiger partial charge in [0.25, 0.3) is 0 Å². The quantitative estimate of drug-likeness (QED) is 0.521. The maximum atomic E-state index is 4.36. The van der Waals surface area contributed by atoms with E-state index in [1.807, 2.05) is 18.2 Å². The molecule has 1 N–H and O–H groups in total. The average Bonchev–Trinajstić information content (AvgIpc) is 2.33. The maximum Gasteiger partial charge on any atom is 0.117 e. The normalized spacial score (nSPS) is 11.9. The van der Waals surface area contributed by atoms with Crippen molar-refractivity contribution in [2.45, 2.75) is 31.3 Å². The van der Waals surface area contributed by atoms with E-state index in [0.717, 1.165) is 28.2 Å². The van der Waals surface area contributed by atoms with Crippen LogP contribution in [0.5, 0.6) is 0 Å².